The van der Waals surface area contributed by atoms with E-state index in [1.54, 1.807) is 19.1 Å². The van der Waals surface area contributed by atoms with Crippen LogP contribution < -0.4 is 9.62 Å². The highest BCUT2D eigenvalue weighted by Gasteiger charge is 2.30. The molecule has 0 aliphatic rings. The Balaban J connectivity index is 2.28. The number of hydrogen-bond donors (Lipinski definition) is 1. The van der Waals surface area contributed by atoms with Gasteiger partial charge < -0.3 is 5.32 Å². The van der Waals surface area contributed by atoms with Crippen LogP contribution in [0, 0.1) is 27.7 Å². The predicted octanol–water partition coefficient (Wildman–Crippen LogP) is 3.95. The molecule has 2 atom stereocenters. The third-order valence-electron chi connectivity index (χ3n) is 5.22. The number of anilines is 1. The normalized spacial score (nSPS) is 13.7. The number of carbonyl (C=O) groups excluding carboxylic acids is 1. The molecule has 0 fully saturated rings. The molecule has 2 aromatic rings. The van der Waals surface area contributed by atoms with Crippen LogP contribution in [0.5, 0.6) is 0 Å². The smallest absolute Gasteiger partial charge is 0.244 e. The van der Waals surface area contributed by atoms with Crippen molar-refractivity contribution in [2.45, 2.75) is 53.6 Å². The van der Waals surface area contributed by atoms with Crippen molar-refractivity contribution in [3.05, 3.63) is 64.2 Å². The first-order valence-corrected chi connectivity index (χ1v) is 11.2. The van der Waals surface area contributed by atoms with Crippen molar-refractivity contribution < 1.29 is 13.2 Å². The minimum absolute atomic E-state index is 0.226. The van der Waals surface area contributed by atoms with E-state index in [4.69, 9.17) is 0 Å². The van der Waals surface area contributed by atoms with Crippen molar-refractivity contribution in [1.82, 2.24) is 5.32 Å². The summed E-state index contributed by atoms with van der Waals surface area (Å²) in [4.78, 5) is 12.9. The average molecular weight is 403 g/mol. The summed E-state index contributed by atoms with van der Waals surface area (Å²) < 4.78 is 26.1. The van der Waals surface area contributed by atoms with Crippen LogP contribution in [0.1, 0.15) is 47.7 Å². The van der Waals surface area contributed by atoms with Gasteiger partial charge in [0, 0.05) is 0 Å². The Morgan fingerprint density at radius 3 is 1.93 bits per heavy atom. The number of amides is 1. The molecule has 0 heterocycles. The van der Waals surface area contributed by atoms with Gasteiger partial charge in [0.25, 0.3) is 0 Å². The summed E-state index contributed by atoms with van der Waals surface area (Å²) >= 11 is 0. The Hall–Kier alpha value is -2.34. The molecule has 0 bridgehead atoms. The van der Waals surface area contributed by atoms with Crippen molar-refractivity contribution in [3.63, 3.8) is 0 Å². The fourth-order valence-electron chi connectivity index (χ4n) is 3.12. The van der Waals surface area contributed by atoms with E-state index in [0.717, 1.165) is 28.5 Å². The zero-order valence-corrected chi connectivity index (χ0v) is 18.5. The summed E-state index contributed by atoms with van der Waals surface area (Å²) in [5.41, 5.74) is 5.86. The number of aryl methyl sites for hydroxylation is 4. The molecule has 0 spiro atoms. The van der Waals surface area contributed by atoms with Crippen LogP contribution in [-0.2, 0) is 14.8 Å². The summed E-state index contributed by atoms with van der Waals surface area (Å²) in [5.74, 6) is -0.339. The van der Waals surface area contributed by atoms with Crippen molar-refractivity contribution in [2.75, 3.05) is 10.6 Å². The van der Waals surface area contributed by atoms with Gasteiger partial charge in [0.2, 0.25) is 15.9 Å². The number of nitrogens with zero attached hydrogens (tertiary/aromatic N) is 1. The van der Waals surface area contributed by atoms with Gasteiger partial charge in [0.05, 0.1) is 18.0 Å². The Morgan fingerprint density at radius 1 is 0.893 bits per heavy atom. The molecule has 1 N–H and O–H groups in total. The average Bonchev–Trinajstić information content (AvgIpc) is 2.59. The second-order valence-corrected chi connectivity index (χ2v) is 9.44. The van der Waals surface area contributed by atoms with Gasteiger partial charge >= 0.3 is 0 Å². The van der Waals surface area contributed by atoms with E-state index in [9.17, 15) is 13.2 Å². The van der Waals surface area contributed by atoms with Gasteiger partial charge in [-0.1, -0.05) is 24.3 Å². The minimum atomic E-state index is -3.63. The lowest BCUT2D eigenvalue weighted by Gasteiger charge is -2.29. The van der Waals surface area contributed by atoms with Crippen molar-refractivity contribution in [3.8, 4) is 0 Å². The number of rotatable bonds is 6. The molecule has 1 amide bonds. The molecule has 28 heavy (non-hydrogen) atoms. The summed E-state index contributed by atoms with van der Waals surface area (Å²) in [6.45, 7) is 11.5. The van der Waals surface area contributed by atoms with Crippen LogP contribution >= 0.6 is 0 Å². The Bertz CT molecular complexity index is 983. The second-order valence-electron chi connectivity index (χ2n) is 7.58. The molecule has 0 radical (unpaired) electrons. The largest absolute Gasteiger partial charge is 0.348 e. The van der Waals surface area contributed by atoms with Crippen molar-refractivity contribution in [2.24, 2.45) is 0 Å². The number of hydrogen-bond acceptors (Lipinski definition) is 3. The second kappa shape index (κ2) is 8.35. The zero-order valence-electron chi connectivity index (χ0n) is 17.7. The third-order valence-corrected chi connectivity index (χ3v) is 6.46. The maximum absolute atomic E-state index is 12.9. The molecular weight excluding hydrogens is 372 g/mol. The first-order valence-electron chi connectivity index (χ1n) is 9.36. The molecule has 2 unspecified atom stereocenters. The summed E-state index contributed by atoms with van der Waals surface area (Å²) in [6.07, 6.45) is 1.12. The van der Waals surface area contributed by atoms with Crippen LogP contribution in [0.3, 0.4) is 0 Å². The lowest BCUT2D eigenvalue weighted by molar-refractivity contribution is -0.122. The highest BCUT2D eigenvalue weighted by Crippen LogP contribution is 2.24. The molecule has 0 saturated heterocycles. The third kappa shape index (κ3) is 4.93. The van der Waals surface area contributed by atoms with Gasteiger partial charge in [-0.25, -0.2) is 8.42 Å². The van der Waals surface area contributed by atoms with Crippen molar-refractivity contribution in [1.29, 1.82) is 0 Å². The summed E-state index contributed by atoms with van der Waals surface area (Å²) in [5, 5.41) is 2.95. The molecule has 0 aliphatic heterocycles. The molecule has 0 aliphatic carbocycles. The van der Waals surface area contributed by atoms with E-state index in [1.165, 1.54) is 9.87 Å². The molecule has 5 nitrogen and oxygen atoms in total. The zero-order chi connectivity index (χ0) is 21.2. The standard InChI is InChI=1S/C22H30N2O3S/c1-14-8-10-20(12-16(14)3)18(5)23-22(25)19(6)24(28(7,26)27)21-11-9-15(2)17(4)13-21/h8-13,18-19H,1-7H3,(H,23,25). The van der Waals surface area contributed by atoms with Crippen LogP contribution in [0.4, 0.5) is 5.69 Å². The van der Waals surface area contributed by atoms with E-state index in [-0.39, 0.29) is 11.9 Å². The fourth-order valence-corrected chi connectivity index (χ4v) is 4.29. The van der Waals surface area contributed by atoms with Gasteiger partial charge in [-0.05, 0) is 81.5 Å². The SMILES string of the molecule is Cc1ccc(C(C)NC(=O)C(C)N(c2ccc(C)c(C)c2)S(C)(=O)=O)cc1C. The number of nitrogens with one attached hydrogen (secondary N) is 1. The van der Waals surface area contributed by atoms with Gasteiger partial charge in [-0.15, -0.1) is 0 Å². The maximum Gasteiger partial charge on any atom is 0.244 e. The van der Waals surface area contributed by atoms with Gasteiger partial charge in [-0.2, -0.15) is 0 Å². The van der Waals surface area contributed by atoms with Crippen LogP contribution in [0.15, 0.2) is 36.4 Å². The first-order chi connectivity index (χ1) is 12.9. The number of sulfonamides is 1. The molecule has 2 rings (SSSR count). The quantitative estimate of drug-likeness (QED) is 0.795. The highest BCUT2D eigenvalue weighted by atomic mass is 32.2. The number of carbonyl (C=O) groups is 1. The predicted molar refractivity (Wildman–Crippen MR) is 115 cm³/mol. The maximum atomic E-state index is 12.9. The molecular formula is C22H30N2O3S. The van der Waals surface area contributed by atoms with Gasteiger partial charge in [0.1, 0.15) is 6.04 Å². The van der Waals surface area contributed by atoms with E-state index in [2.05, 4.69) is 5.32 Å². The summed E-state index contributed by atoms with van der Waals surface area (Å²) in [7, 11) is -3.63. The van der Waals surface area contributed by atoms with E-state index >= 15 is 0 Å². The molecule has 0 aromatic heterocycles. The first kappa shape index (κ1) is 22.0. The van der Waals surface area contributed by atoms with Crippen LogP contribution in [0.2, 0.25) is 0 Å². The topological polar surface area (TPSA) is 66.5 Å². The van der Waals surface area contributed by atoms with Crippen molar-refractivity contribution >= 4 is 21.6 Å². The Morgan fingerprint density at radius 2 is 1.43 bits per heavy atom. The molecule has 6 heteroatoms. The summed E-state index contributed by atoms with van der Waals surface area (Å²) in [6, 6.07) is 10.4. The molecule has 2 aromatic carbocycles. The molecule has 0 saturated carbocycles. The minimum Gasteiger partial charge on any atom is -0.348 e. The molecule has 152 valence electrons. The fraction of sp³-hybridized carbons (Fsp3) is 0.409. The van der Waals surface area contributed by atoms with E-state index < -0.39 is 16.1 Å². The highest BCUT2D eigenvalue weighted by molar-refractivity contribution is 7.92. The van der Waals surface area contributed by atoms with Gasteiger partial charge in [-0.3, -0.25) is 9.10 Å². The van der Waals surface area contributed by atoms with E-state index in [1.807, 2.05) is 58.9 Å². The number of benzene rings is 2. The lowest BCUT2D eigenvalue weighted by atomic mass is 10.0. The lowest BCUT2D eigenvalue weighted by Crippen LogP contribution is -2.48. The van der Waals surface area contributed by atoms with Crippen LogP contribution in [0.25, 0.3) is 0 Å². The Labute approximate surface area is 168 Å². The Kier molecular flexibility index (Phi) is 6.55. The van der Waals surface area contributed by atoms with Gasteiger partial charge in [0.15, 0.2) is 0 Å². The monoisotopic (exact) mass is 402 g/mol. The van der Waals surface area contributed by atoms with E-state index in [0.29, 0.717) is 5.69 Å². The van der Waals surface area contributed by atoms with Crippen LogP contribution in [-0.4, -0.2) is 26.6 Å².